The number of pyridine rings is 1. The van der Waals surface area contributed by atoms with Crippen molar-refractivity contribution in [1.29, 1.82) is 0 Å². The topological polar surface area (TPSA) is 130 Å². The Labute approximate surface area is 160 Å². The number of hydrogen-bond acceptors (Lipinski definition) is 6. The number of carbonyl (C=O) groups is 1. The molecule has 4 N–H and O–H groups in total. The standard InChI is InChI=1S/C16H18N8O2S/c1-2-17-15(27)23-13-4-3-11-14(22-13)21-12(8-19-11)10-7-20-24(9-10)6-5-18-16(25)26/h3-4,7-9,18H,2,5-6H2,1H3,(H,25,26)(H2,17,21,22,23,27). The molecule has 0 saturated heterocycles. The van der Waals surface area contributed by atoms with Crippen molar-refractivity contribution in [3.05, 3.63) is 30.7 Å². The lowest BCUT2D eigenvalue weighted by Crippen LogP contribution is -2.28. The van der Waals surface area contributed by atoms with Crippen LogP contribution in [0.25, 0.3) is 22.4 Å². The lowest BCUT2D eigenvalue weighted by molar-refractivity contribution is 0.194. The van der Waals surface area contributed by atoms with Gasteiger partial charge in [0.05, 0.1) is 24.6 Å². The third-order valence-electron chi connectivity index (χ3n) is 3.53. The number of thiocarbonyl (C=S) groups is 1. The van der Waals surface area contributed by atoms with Gasteiger partial charge in [-0.05, 0) is 31.3 Å². The molecule has 0 bridgehead atoms. The number of anilines is 1. The van der Waals surface area contributed by atoms with Crippen molar-refractivity contribution in [3.63, 3.8) is 0 Å². The number of hydrogen-bond donors (Lipinski definition) is 4. The SMILES string of the molecule is CCNC(=S)Nc1ccc2ncc(-c3cnn(CCNC(=O)O)c3)nc2n1. The molecule has 0 aromatic carbocycles. The van der Waals surface area contributed by atoms with Gasteiger partial charge in [0.15, 0.2) is 10.8 Å². The predicted molar refractivity (Wildman–Crippen MR) is 104 cm³/mol. The third kappa shape index (κ3) is 4.85. The molecule has 3 aromatic rings. The fraction of sp³-hybridized carbons (Fsp3) is 0.250. The van der Waals surface area contributed by atoms with E-state index in [9.17, 15) is 4.79 Å². The Morgan fingerprint density at radius 3 is 2.89 bits per heavy atom. The van der Waals surface area contributed by atoms with E-state index in [0.29, 0.717) is 34.3 Å². The number of rotatable bonds is 6. The highest BCUT2D eigenvalue weighted by molar-refractivity contribution is 7.80. The highest BCUT2D eigenvalue weighted by Gasteiger charge is 2.08. The molecule has 0 aliphatic heterocycles. The average Bonchev–Trinajstić information content (AvgIpc) is 3.10. The minimum atomic E-state index is -1.06. The van der Waals surface area contributed by atoms with Crippen LogP contribution in [0.2, 0.25) is 0 Å². The molecule has 1 amide bonds. The van der Waals surface area contributed by atoms with Crippen LogP contribution in [0.1, 0.15) is 6.92 Å². The van der Waals surface area contributed by atoms with Gasteiger partial charge >= 0.3 is 6.09 Å². The molecule has 0 fully saturated rings. The first-order valence-corrected chi connectivity index (χ1v) is 8.64. The summed E-state index contributed by atoms with van der Waals surface area (Å²) >= 11 is 5.16. The number of aromatic nitrogens is 5. The molecule has 0 unspecified atom stereocenters. The lowest BCUT2D eigenvalue weighted by atomic mass is 10.2. The van der Waals surface area contributed by atoms with Crippen LogP contribution in [-0.4, -0.2) is 54.1 Å². The molecular weight excluding hydrogens is 368 g/mol. The van der Waals surface area contributed by atoms with Crippen molar-refractivity contribution >= 4 is 40.4 Å². The Bertz CT molecular complexity index is 974. The van der Waals surface area contributed by atoms with E-state index in [4.69, 9.17) is 17.3 Å². The quantitative estimate of drug-likeness (QED) is 0.465. The van der Waals surface area contributed by atoms with Crippen molar-refractivity contribution < 1.29 is 9.90 Å². The van der Waals surface area contributed by atoms with Crippen molar-refractivity contribution in [2.45, 2.75) is 13.5 Å². The Kier molecular flexibility index (Phi) is 5.71. The fourth-order valence-electron chi connectivity index (χ4n) is 2.32. The van der Waals surface area contributed by atoms with Crippen LogP contribution in [0, 0.1) is 0 Å². The first-order chi connectivity index (χ1) is 13.0. The van der Waals surface area contributed by atoms with Gasteiger partial charge < -0.3 is 21.1 Å². The second-order valence-electron chi connectivity index (χ2n) is 5.50. The van der Waals surface area contributed by atoms with Crippen LogP contribution in [0.15, 0.2) is 30.7 Å². The minimum Gasteiger partial charge on any atom is -0.465 e. The van der Waals surface area contributed by atoms with E-state index in [0.717, 1.165) is 12.1 Å². The second-order valence-corrected chi connectivity index (χ2v) is 5.91. The zero-order chi connectivity index (χ0) is 19.2. The highest BCUT2D eigenvalue weighted by atomic mass is 32.1. The summed E-state index contributed by atoms with van der Waals surface area (Å²) in [5.74, 6) is 0.579. The molecule has 3 heterocycles. The molecule has 0 atom stereocenters. The maximum Gasteiger partial charge on any atom is 0.404 e. The maximum absolute atomic E-state index is 10.5. The van der Waals surface area contributed by atoms with Crippen molar-refractivity contribution in [3.8, 4) is 11.3 Å². The Hall–Kier alpha value is -3.34. The highest BCUT2D eigenvalue weighted by Crippen LogP contribution is 2.18. The van der Waals surface area contributed by atoms with Crippen LogP contribution in [0.5, 0.6) is 0 Å². The molecule has 140 valence electrons. The molecule has 3 rings (SSSR count). The molecule has 11 heteroatoms. The zero-order valence-corrected chi connectivity index (χ0v) is 15.3. The van der Waals surface area contributed by atoms with Gasteiger partial charge in [0.1, 0.15) is 11.3 Å². The molecule has 0 saturated carbocycles. The number of nitrogens with one attached hydrogen (secondary N) is 3. The van der Waals surface area contributed by atoms with Gasteiger partial charge in [-0.25, -0.2) is 14.8 Å². The summed E-state index contributed by atoms with van der Waals surface area (Å²) in [6, 6.07) is 3.60. The molecular formula is C16H18N8O2S. The zero-order valence-electron chi connectivity index (χ0n) is 14.5. The Balaban J connectivity index is 1.78. The maximum atomic E-state index is 10.5. The monoisotopic (exact) mass is 386 g/mol. The number of nitrogens with zero attached hydrogens (tertiary/aromatic N) is 5. The molecule has 0 aliphatic carbocycles. The first kappa shape index (κ1) is 18.5. The van der Waals surface area contributed by atoms with Crippen molar-refractivity contribution in [2.24, 2.45) is 0 Å². The van der Waals surface area contributed by atoms with Gasteiger partial charge in [0.2, 0.25) is 0 Å². The molecule has 0 radical (unpaired) electrons. The van der Waals surface area contributed by atoms with Gasteiger partial charge in [0.25, 0.3) is 0 Å². The molecule has 27 heavy (non-hydrogen) atoms. The van der Waals surface area contributed by atoms with Crippen LogP contribution in [0.4, 0.5) is 10.6 Å². The largest absolute Gasteiger partial charge is 0.465 e. The van der Waals surface area contributed by atoms with E-state index in [1.807, 2.05) is 13.0 Å². The molecule has 10 nitrogen and oxygen atoms in total. The number of fused-ring (bicyclic) bond motifs is 1. The van der Waals surface area contributed by atoms with Gasteiger partial charge in [-0.15, -0.1) is 0 Å². The summed E-state index contributed by atoms with van der Waals surface area (Å²) < 4.78 is 1.64. The van der Waals surface area contributed by atoms with Crippen molar-refractivity contribution in [2.75, 3.05) is 18.4 Å². The third-order valence-corrected chi connectivity index (χ3v) is 3.78. The molecule has 0 spiro atoms. The van der Waals surface area contributed by atoms with E-state index in [-0.39, 0.29) is 6.54 Å². The van der Waals surface area contributed by atoms with E-state index < -0.39 is 6.09 Å². The van der Waals surface area contributed by atoms with Gasteiger partial charge in [0, 0.05) is 24.8 Å². The molecule has 3 aromatic heterocycles. The Morgan fingerprint density at radius 2 is 2.11 bits per heavy atom. The summed E-state index contributed by atoms with van der Waals surface area (Å²) in [5, 5.41) is 21.6. The van der Waals surface area contributed by atoms with Crippen LogP contribution in [-0.2, 0) is 6.54 Å². The lowest BCUT2D eigenvalue weighted by Gasteiger charge is -2.08. The fourth-order valence-corrected chi connectivity index (χ4v) is 2.57. The van der Waals surface area contributed by atoms with Crippen LogP contribution >= 0.6 is 12.2 Å². The van der Waals surface area contributed by atoms with Gasteiger partial charge in [-0.1, -0.05) is 0 Å². The Morgan fingerprint density at radius 1 is 1.26 bits per heavy atom. The summed E-state index contributed by atoms with van der Waals surface area (Å²) in [5.41, 5.74) is 2.54. The summed E-state index contributed by atoms with van der Waals surface area (Å²) in [6.07, 6.45) is 4.02. The predicted octanol–water partition coefficient (Wildman–Crippen LogP) is 1.46. The summed E-state index contributed by atoms with van der Waals surface area (Å²) in [4.78, 5) is 23.9. The van der Waals surface area contributed by atoms with E-state index in [1.165, 1.54) is 0 Å². The second kappa shape index (κ2) is 8.36. The van der Waals surface area contributed by atoms with E-state index in [2.05, 4.69) is 36.0 Å². The van der Waals surface area contributed by atoms with Crippen LogP contribution in [0.3, 0.4) is 0 Å². The van der Waals surface area contributed by atoms with Gasteiger partial charge in [-0.3, -0.25) is 9.67 Å². The van der Waals surface area contributed by atoms with Crippen molar-refractivity contribution in [1.82, 2.24) is 35.4 Å². The van der Waals surface area contributed by atoms with E-state index >= 15 is 0 Å². The number of amides is 1. The van der Waals surface area contributed by atoms with Gasteiger partial charge in [-0.2, -0.15) is 5.10 Å². The normalized spacial score (nSPS) is 10.6. The smallest absolute Gasteiger partial charge is 0.404 e. The number of carboxylic acid groups (broad SMARTS) is 1. The first-order valence-electron chi connectivity index (χ1n) is 8.23. The van der Waals surface area contributed by atoms with Crippen LogP contribution < -0.4 is 16.0 Å². The minimum absolute atomic E-state index is 0.266. The van der Waals surface area contributed by atoms with E-state index in [1.54, 1.807) is 29.3 Å². The summed E-state index contributed by atoms with van der Waals surface area (Å²) in [7, 11) is 0. The average molecular weight is 386 g/mol. The summed E-state index contributed by atoms with van der Waals surface area (Å²) in [6.45, 7) is 3.36. The molecule has 0 aliphatic rings.